The van der Waals surface area contributed by atoms with Gasteiger partial charge in [0.25, 0.3) is 0 Å². The Morgan fingerprint density at radius 1 is 1.22 bits per heavy atom. The zero-order valence-electron chi connectivity index (χ0n) is 10.7. The first kappa shape index (κ1) is 12.9. The zero-order chi connectivity index (χ0) is 12.4. The molecule has 1 atom stereocenters. The molecule has 98 valence electrons. The maximum Gasteiger partial charge on any atom is 0.0377 e. The van der Waals surface area contributed by atoms with E-state index in [1.54, 1.807) is 0 Å². The molecule has 0 bridgehead atoms. The predicted octanol–water partition coefficient (Wildman–Crippen LogP) is 3.04. The first-order chi connectivity index (χ1) is 8.84. The summed E-state index contributed by atoms with van der Waals surface area (Å²) in [6.07, 6.45) is 4.26. The summed E-state index contributed by atoms with van der Waals surface area (Å²) in [5.74, 6) is 0.890. The summed E-state index contributed by atoms with van der Waals surface area (Å²) in [5, 5.41) is 3.46. The summed E-state index contributed by atoms with van der Waals surface area (Å²) in [6.45, 7) is 4.69. The number of hydrogen-bond acceptors (Lipinski definition) is 2. The second kappa shape index (κ2) is 5.88. The Morgan fingerprint density at radius 2 is 2.00 bits per heavy atom. The first-order valence-corrected chi connectivity index (χ1v) is 8.13. The summed E-state index contributed by atoms with van der Waals surface area (Å²) in [4.78, 5) is 2.70. The fourth-order valence-corrected chi connectivity index (χ4v) is 3.75. The average Bonchev–Trinajstić information content (AvgIpc) is 2.34. The van der Waals surface area contributed by atoms with Crippen LogP contribution in [0, 0.1) is 9.49 Å². The van der Waals surface area contributed by atoms with E-state index in [0.29, 0.717) is 6.04 Å². The number of hydrogen-bond donors (Lipinski definition) is 1. The van der Waals surface area contributed by atoms with Crippen LogP contribution in [0.1, 0.15) is 30.9 Å². The van der Waals surface area contributed by atoms with E-state index in [-0.39, 0.29) is 0 Å². The molecule has 2 aliphatic rings. The fourth-order valence-electron chi connectivity index (χ4n) is 3.19. The summed E-state index contributed by atoms with van der Waals surface area (Å²) in [7, 11) is 0. The van der Waals surface area contributed by atoms with Gasteiger partial charge in [-0.2, -0.15) is 0 Å². The molecular formula is C15H21IN2. The van der Waals surface area contributed by atoms with Crippen LogP contribution in [0.15, 0.2) is 24.3 Å². The van der Waals surface area contributed by atoms with Crippen molar-refractivity contribution < 1.29 is 0 Å². The maximum absolute atomic E-state index is 3.46. The predicted molar refractivity (Wildman–Crippen MR) is 83.7 cm³/mol. The Hall–Kier alpha value is -0.130. The summed E-state index contributed by atoms with van der Waals surface area (Å²) in [5.41, 5.74) is 1.54. The highest BCUT2D eigenvalue weighted by Gasteiger charge is 2.33. The van der Waals surface area contributed by atoms with Gasteiger partial charge in [-0.25, -0.2) is 0 Å². The lowest BCUT2D eigenvalue weighted by molar-refractivity contribution is 0.0837. The Balaban J connectivity index is 1.84. The summed E-state index contributed by atoms with van der Waals surface area (Å²) < 4.78 is 1.37. The van der Waals surface area contributed by atoms with Crippen molar-refractivity contribution in [2.24, 2.45) is 5.92 Å². The molecule has 0 spiro atoms. The van der Waals surface area contributed by atoms with Gasteiger partial charge in [-0.3, -0.25) is 4.90 Å². The standard InChI is InChI=1S/C15H21IN2/c16-14-6-2-5-13(11-14)15(12-3-1-4-12)18-9-7-17-8-10-18/h2,5-6,11-12,15,17H,1,3-4,7-10H2/t15-/m0/s1. The van der Waals surface area contributed by atoms with Crippen LogP contribution >= 0.6 is 22.6 Å². The number of halogens is 1. The van der Waals surface area contributed by atoms with Crippen molar-refractivity contribution >= 4 is 22.6 Å². The van der Waals surface area contributed by atoms with E-state index in [2.05, 4.69) is 57.1 Å². The fraction of sp³-hybridized carbons (Fsp3) is 0.600. The van der Waals surface area contributed by atoms with Crippen LogP contribution in [-0.4, -0.2) is 31.1 Å². The molecule has 3 heteroatoms. The van der Waals surface area contributed by atoms with Gasteiger partial charge in [-0.15, -0.1) is 0 Å². The van der Waals surface area contributed by atoms with E-state index in [4.69, 9.17) is 0 Å². The molecule has 0 unspecified atom stereocenters. The van der Waals surface area contributed by atoms with Crippen LogP contribution in [0.25, 0.3) is 0 Å². The molecule has 1 aromatic rings. The van der Waals surface area contributed by atoms with Crippen LogP contribution in [0.5, 0.6) is 0 Å². The third kappa shape index (κ3) is 2.73. The average molecular weight is 356 g/mol. The highest BCUT2D eigenvalue weighted by atomic mass is 127. The van der Waals surface area contributed by atoms with E-state index in [1.807, 2.05) is 0 Å². The van der Waals surface area contributed by atoms with Crippen molar-refractivity contribution in [2.75, 3.05) is 26.2 Å². The molecule has 1 saturated heterocycles. The van der Waals surface area contributed by atoms with Gasteiger partial charge in [0, 0.05) is 35.8 Å². The number of benzene rings is 1. The van der Waals surface area contributed by atoms with Gasteiger partial charge in [0.1, 0.15) is 0 Å². The van der Waals surface area contributed by atoms with Crippen LogP contribution in [0.3, 0.4) is 0 Å². The molecule has 0 aromatic heterocycles. The quantitative estimate of drug-likeness (QED) is 0.838. The smallest absolute Gasteiger partial charge is 0.0377 e. The van der Waals surface area contributed by atoms with E-state index in [0.717, 1.165) is 19.0 Å². The maximum atomic E-state index is 3.46. The largest absolute Gasteiger partial charge is 0.314 e. The van der Waals surface area contributed by atoms with E-state index >= 15 is 0 Å². The van der Waals surface area contributed by atoms with Crippen molar-refractivity contribution in [3.63, 3.8) is 0 Å². The van der Waals surface area contributed by atoms with Gasteiger partial charge in [-0.05, 0) is 59.0 Å². The third-order valence-corrected chi connectivity index (χ3v) is 5.00. The highest BCUT2D eigenvalue weighted by molar-refractivity contribution is 14.1. The molecule has 1 aliphatic heterocycles. The first-order valence-electron chi connectivity index (χ1n) is 7.05. The lowest BCUT2D eigenvalue weighted by Crippen LogP contribution is -2.47. The second-order valence-corrected chi connectivity index (χ2v) is 6.72. The van der Waals surface area contributed by atoms with Crippen LogP contribution in [0.4, 0.5) is 0 Å². The molecule has 2 fully saturated rings. The van der Waals surface area contributed by atoms with Crippen molar-refractivity contribution in [3.05, 3.63) is 33.4 Å². The SMILES string of the molecule is Ic1cccc([C@H](C2CCC2)N2CCNCC2)c1. The van der Waals surface area contributed by atoms with Gasteiger partial charge in [0.15, 0.2) is 0 Å². The van der Waals surface area contributed by atoms with Crippen LogP contribution in [0.2, 0.25) is 0 Å². The number of rotatable bonds is 3. The van der Waals surface area contributed by atoms with Crippen molar-refractivity contribution in [1.82, 2.24) is 10.2 Å². The third-order valence-electron chi connectivity index (χ3n) is 4.33. The van der Waals surface area contributed by atoms with Crippen LogP contribution < -0.4 is 5.32 Å². The van der Waals surface area contributed by atoms with Crippen molar-refractivity contribution in [3.8, 4) is 0 Å². The van der Waals surface area contributed by atoms with Gasteiger partial charge < -0.3 is 5.32 Å². The normalized spacial score (nSPS) is 23.6. The second-order valence-electron chi connectivity index (χ2n) is 5.48. The van der Waals surface area contributed by atoms with Crippen LogP contribution in [-0.2, 0) is 0 Å². The Morgan fingerprint density at radius 3 is 2.61 bits per heavy atom. The summed E-state index contributed by atoms with van der Waals surface area (Å²) >= 11 is 2.43. The molecule has 1 heterocycles. The molecule has 1 saturated carbocycles. The lowest BCUT2D eigenvalue weighted by Gasteiger charge is -2.43. The molecule has 1 N–H and O–H groups in total. The van der Waals surface area contributed by atoms with E-state index < -0.39 is 0 Å². The number of nitrogens with zero attached hydrogens (tertiary/aromatic N) is 1. The van der Waals surface area contributed by atoms with Gasteiger partial charge >= 0.3 is 0 Å². The molecule has 1 aromatic carbocycles. The topological polar surface area (TPSA) is 15.3 Å². The Labute approximate surface area is 123 Å². The number of nitrogens with one attached hydrogen (secondary N) is 1. The molecule has 0 amide bonds. The lowest BCUT2D eigenvalue weighted by atomic mass is 9.76. The molecule has 3 rings (SSSR count). The number of piperazine rings is 1. The summed E-state index contributed by atoms with van der Waals surface area (Å²) in [6, 6.07) is 9.78. The van der Waals surface area contributed by atoms with Crippen molar-refractivity contribution in [2.45, 2.75) is 25.3 Å². The molecule has 0 radical (unpaired) electrons. The van der Waals surface area contributed by atoms with Gasteiger partial charge in [0.2, 0.25) is 0 Å². The van der Waals surface area contributed by atoms with Crippen molar-refractivity contribution in [1.29, 1.82) is 0 Å². The molecular weight excluding hydrogens is 335 g/mol. The highest BCUT2D eigenvalue weighted by Crippen LogP contribution is 2.41. The van der Waals surface area contributed by atoms with E-state index in [9.17, 15) is 0 Å². The van der Waals surface area contributed by atoms with E-state index in [1.165, 1.54) is 41.5 Å². The Kier molecular flexibility index (Phi) is 4.21. The van der Waals surface area contributed by atoms with Gasteiger partial charge in [-0.1, -0.05) is 18.6 Å². The minimum absolute atomic E-state index is 0.663. The zero-order valence-corrected chi connectivity index (χ0v) is 12.9. The molecule has 1 aliphatic carbocycles. The Bertz CT molecular complexity index is 397. The van der Waals surface area contributed by atoms with Gasteiger partial charge in [0.05, 0.1) is 0 Å². The molecule has 18 heavy (non-hydrogen) atoms. The molecule has 2 nitrogen and oxygen atoms in total. The minimum atomic E-state index is 0.663. The monoisotopic (exact) mass is 356 g/mol. The minimum Gasteiger partial charge on any atom is -0.314 e.